The summed E-state index contributed by atoms with van der Waals surface area (Å²) in [7, 11) is 1.66. The maximum Gasteiger partial charge on any atom is 0.128 e. The van der Waals surface area contributed by atoms with E-state index in [9.17, 15) is 5.11 Å². The molecule has 0 radical (unpaired) electrons. The highest BCUT2D eigenvalue weighted by atomic mass is 16.5. The van der Waals surface area contributed by atoms with Gasteiger partial charge in [-0.3, -0.25) is 0 Å². The van der Waals surface area contributed by atoms with Gasteiger partial charge < -0.3 is 19.9 Å². The Morgan fingerprint density at radius 1 is 1.24 bits per heavy atom. The monoisotopic (exact) mass is 293 g/mol. The molecule has 4 nitrogen and oxygen atoms in total. The van der Waals surface area contributed by atoms with Gasteiger partial charge in [-0.1, -0.05) is 25.8 Å². The molecule has 2 unspecified atom stereocenters. The molecule has 1 aliphatic rings. The summed E-state index contributed by atoms with van der Waals surface area (Å²) < 4.78 is 11.4. The molecule has 1 fully saturated rings. The number of nitrogens with one attached hydrogen (secondary N) is 1. The summed E-state index contributed by atoms with van der Waals surface area (Å²) in [6, 6.07) is 5.90. The van der Waals surface area contributed by atoms with Crippen LogP contribution < -0.4 is 14.8 Å². The Balaban J connectivity index is 2.14. The number of methoxy groups -OCH3 is 1. The second-order valence-corrected chi connectivity index (χ2v) is 5.62. The lowest BCUT2D eigenvalue weighted by atomic mass is 10.1. The first kappa shape index (κ1) is 16.1. The first-order valence-corrected chi connectivity index (χ1v) is 7.97. The van der Waals surface area contributed by atoms with Crippen LogP contribution in [0.4, 0.5) is 0 Å². The van der Waals surface area contributed by atoms with Crippen LogP contribution in [0.3, 0.4) is 0 Å². The molecular formula is C17H27NO3. The summed E-state index contributed by atoms with van der Waals surface area (Å²) in [6.45, 7) is 3.76. The van der Waals surface area contributed by atoms with Crippen molar-refractivity contribution < 1.29 is 14.6 Å². The number of hydrogen-bond donors (Lipinski definition) is 2. The van der Waals surface area contributed by atoms with E-state index < -0.39 is 0 Å². The number of rotatable bonds is 6. The smallest absolute Gasteiger partial charge is 0.128 e. The van der Waals surface area contributed by atoms with E-state index in [1.807, 2.05) is 18.2 Å². The molecule has 2 rings (SSSR count). The molecule has 1 saturated carbocycles. The van der Waals surface area contributed by atoms with Crippen molar-refractivity contribution in [1.82, 2.24) is 5.32 Å². The van der Waals surface area contributed by atoms with Crippen molar-refractivity contribution >= 4 is 0 Å². The third-order valence-corrected chi connectivity index (χ3v) is 4.04. The Labute approximate surface area is 127 Å². The van der Waals surface area contributed by atoms with E-state index in [4.69, 9.17) is 9.47 Å². The molecule has 4 heteroatoms. The molecule has 0 heterocycles. The fraction of sp³-hybridized carbons (Fsp3) is 0.647. The molecular weight excluding hydrogens is 266 g/mol. The molecule has 1 aromatic carbocycles. The van der Waals surface area contributed by atoms with Crippen LogP contribution in [0, 0.1) is 0 Å². The van der Waals surface area contributed by atoms with Crippen molar-refractivity contribution in [3.63, 3.8) is 0 Å². The summed E-state index contributed by atoms with van der Waals surface area (Å²) in [5, 5.41) is 13.6. The molecule has 0 aliphatic heterocycles. The fourth-order valence-corrected chi connectivity index (χ4v) is 2.73. The van der Waals surface area contributed by atoms with Crippen molar-refractivity contribution in [3.8, 4) is 11.5 Å². The van der Waals surface area contributed by atoms with Gasteiger partial charge >= 0.3 is 0 Å². The number of ether oxygens (including phenoxy) is 2. The van der Waals surface area contributed by atoms with E-state index in [-0.39, 0.29) is 12.2 Å². The zero-order chi connectivity index (χ0) is 15.1. The van der Waals surface area contributed by atoms with Gasteiger partial charge in [0.05, 0.1) is 13.2 Å². The first-order valence-electron chi connectivity index (χ1n) is 7.97. The topological polar surface area (TPSA) is 50.7 Å². The van der Waals surface area contributed by atoms with E-state index in [0.717, 1.165) is 55.8 Å². The SMILES string of the molecule is CCNCc1ccc(OC)cc1OC1CCCCCC1O. The Hall–Kier alpha value is -1.26. The standard InChI is InChI=1S/C17H27NO3/c1-3-18-12-13-9-10-14(20-2)11-17(13)21-16-8-6-4-5-7-15(16)19/h9-11,15-16,18-19H,3-8,12H2,1-2H3. The van der Waals surface area contributed by atoms with Crippen LogP contribution in [-0.4, -0.2) is 31.0 Å². The zero-order valence-corrected chi connectivity index (χ0v) is 13.1. The molecule has 1 aromatic rings. The van der Waals surface area contributed by atoms with Gasteiger partial charge in [-0.2, -0.15) is 0 Å². The third kappa shape index (κ3) is 4.61. The second kappa shape index (κ2) is 8.25. The van der Waals surface area contributed by atoms with Crippen molar-refractivity contribution in [2.24, 2.45) is 0 Å². The van der Waals surface area contributed by atoms with Gasteiger partial charge in [0.25, 0.3) is 0 Å². The molecule has 0 bridgehead atoms. The molecule has 2 atom stereocenters. The van der Waals surface area contributed by atoms with E-state index in [0.29, 0.717) is 0 Å². The van der Waals surface area contributed by atoms with Gasteiger partial charge in [-0.05, 0) is 31.9 Å². The predicted molar refractivity (Wildman–Crippen MR) is 83.9 cm³/mol. The maximum absolute atomic E-state index is 10.2. The molecule has 0 spiro atoms. The van der Waals surface area contributed by atoms with E-state index >= 15 is 0 Å². The minimum Gasteiger partial charge on any atom is -0.497 e. The number of benzene rings is 1. The van der Waals surface area contributed by atoms with Gasteiger partial charge in [-0.25, -0.2) is 0 Å². The number of aliphatic hydroxyl groups excluding tert-OH is 1. The predicted octanol–water partition coefficient (Wildman–Crippen LogP) is 2.88. The lowest BCUT2D eigenvalue weighted by Crippen LogP contribution is -2.31. The Kier molecular flexibility index (Phi) is 6.33. The summed E-state index contributed by atoms with van der Waals surface area (Å²) in [5.74, 6) is 1.61. The largest absolute Gasteiger partial charge is 0.497 e. The first-order chi connectivity index (χ1) is 10.2. The molecule has 0 amide bonds. The minimum absolute atomic E-state index is 0.111. The summed E-state index contributed by atoms with van der Waals surface area (Å²) >= 11 is 0. The molecule has 21 heavy (non-hydrogen) atoms. The lowest BCUT2D eigenvalue weighted by molar-refractivity contribution is 0.0312. The van der Waals surface area contributed by atoms with Crippen LogP contribution in [-0.2, 0) is 6.54 Å². The van der Waals surface area contributed by atoms with Crippen LogP contribution in [0.1, 0.15) is 44.6 Å². The number of hydrogen-bond acceptors (Lipinski definition) is 4. The van der Waals surface area contributed by atoms with Crippen LogP contribution in [0.2, 0.25) is 0 Å². The lowest BCUT2D eigenvalue weighted by Gasteiger charge is -2.24. The Bertz CT molecular complexity index is 436. The van der Waals surface area contributed by atoms with Gasteiger partial charge in [0.15, 0.2) is 0 Å². The van der Waals surface area contributed by atoms with Gasteiger partial charge in [0.1, 0.15) is 17.6 Å². The highest BCUT2D eigenvalue weighted by Crippen LogP contribution is 2.29. The van der Waals surface area contributed by atoms with Crippen LogP contribution in [0.25, 0.3) is 0 Å². The molecule has 0 aromatic heterocycles. The normalized spacial score (nSPS) is 22.6. The second-order valence-electron chi connectivity index (χ2n) is 5.62. The van der Waals surface area contributed by atoms with Crippen LogP contribution in [0.15, 0.2) is 18.2 Å². The summed E-state index contributed by atoms with van der Waals surface area (Å²) in [6.07, 6.45) is 4.65. The molecule has 2 N–H and O–H groups in total. The minimum atomic E-state index is -0.370. The van der Waals surface area contributed by atoms with Crippen molar-refractivity contribution in [2.45, 2.75) is 57.8 Å². The average Bonchev–Trinajstić information content (AvgIpc) is 2.71. The van der Waals surface area contributed by atoms with Crippen molar-refractivity contribution in [1.29, 1.82) is 0 Å². The average molecular weight is 293 g/mol. The van der Waals surface area contributed by atoms with E-state index in [2.05, 4.69) is 12.2 Å². The van der Waals surface area contributed by atoms with Gasteiger partial charge in [0.2, 0.25) is 0 Å². The zero-order valence-electron chi connectivity index (χ0n) is 13.1. The highest BCUT2D eigenvalue weighted by Gasteiger charge is 2.24. The molecule has 1 aliphatic carbocycles. The Morgan fingerprint density at radius 3 is 2.81 bits per heavy atom. The summed E-state index contributed by atoms with van der Waals surface area (Å²) in [5.41, 5.74) is 1.11. The Morgan fingerprint density at radius 2 is 2.05 bits per heavy atom. The molecule has 0 saturated heterocycles. The number of aliphatic hydroxyl groups is 1. The quantitative estimate of drug-likeness (QED) is 0.792. The maximum atomic E-state index is 10.2. The van der Waals surface area contributed by atoms with E-state index in [1.165, 1.54) is 6.42 Å². The van der Waals surface area contributed by atoms with Gasteiger partial charge in [0, 0.05) is 18.2 Å². The molecule has 118 valence electrons. The summed E-state index contributed by atoms with van der Waals surface area (Å²) in [4.78, 5) is 0. The fourth-order valence-electron chi connectivity index (χ4n) is 2.73. The third-order valence-electron chi connectivity index (χ3n) is 4.04. The highest BCUT2D eigenvalue weighted by molar-refractivity contribution is 5.41. The van der Waals surface area contributed by atoms with Crippen LogP contribution in [0.5, 0.6) is 11.5 Å². The van der Waals surface area contributed by atoms with Gasteiger partial charge in [-0.15, -0.1) is 0 Å². The van der Waals surface area contributed by atoms with Crippen molar-refractivity contribution in [3.05, 3.63) is 23.8 Å². The van der Waals surface area contributed by atoms with Crippen molar-refractivity contribution in [2.75, 3.05) is 13.7 Å². The van der Waals surface area contributed by atoms with E-state index in [1.54, 1.807) is 7.11 Å². The van der Waals surface area contributed by atoms with Crippen LogP contribution >= 0.6 is 0 Å².